The molecule has 0 spiro atoms. The van der Waals surface area contributed by atoms with Gasteiger partial charge in [0.25, 0.3) is 5.91 Å². The summed E-state index contributed by atoms with van der Waals surface area (Å²) in [6.45, 7) is 2.62. The third kappa shape index (κ3) is 3.60. The van der Waals surface area contributed by atoms with Crippen LogP contribution in [-0.2, 0) is 13.0 Å². The van der Waals surface area contributed by atoms with Gasteiger partial charge < -0.3 is 15.0 Å². The number of hydrogen-bond acceptors (Lipinski definition) is 2. The van der Waals surface area contributed by atoms with Crippen molar-refractivity contribution in [1.82, 2.24) is 4.57 Å². The third-order valence-corrected chi connectivity index (χ3v) is 4.82. The minimum Gasteiger partial charge on any atom is -0.496 e. The van der Waals surface area contributed by atoms with Gasteiger partial charge in [0.1, 0.15) is 5.75 Å². The first kappa shape index (κ1) is 18.1. The molecule has 0 saturated heterocycles. The highest BCUT2D eigenvalue weighted by Crippen LogP contribution is 2.28. The lowest BCUT2D eigenvalue weighted by atomic mass is 10.1. The van der Waals surface area contributed by atoms with Gasteiger partial charge in [0.2, 0.25) is 0 Å². The van der Waals surface area contributed by atoms with Gasteiger partial charge in [-0.05, 0) is 48.7 Å². The Labute approximate surface area is 158 Å². The van der Waals surface area contributed by atoms with Crippen molar-refractivity contribution < 1.29 is 9.53 Å². The number of amides is 1. The molecule has 5 heteroatoms. The first-order valence-electron chi connectivity index (χ1n) is 8.39. The van der Waals surface area contributed by atoms with E-state index in [2.05, 4.69) is 10.6 Å². The number of aryl methyl sites for hydroxylation is 1. The Morgan fingerprint density at radius 1 is 1.15 bits per heavy atom. The van der Waals surface area contributed by atoms with Crippen LogP contribution in [-0.4, -0.2) is 17.6 Å². The molecule has 1 aromatic heterocycles. The van der Waals surface area contributed by atoms with Crippen LogP contribution in [0.15, 0.2) is 54.6 Å². The third-order valence-electron chi connectivity index (χ3n) is 4.57. The molecule has 2 aromatic carbocycles. The molecule has 3 rings (SSSR count). The largest absolute Gasteiger partial charge is 0.496 e. The molecular weight excluding hydrogens is 348 g/mol. The van der Waals surface area contributed by atoms with Gasteiger partial charge >= 0.3 is 0 Å². The SMILES string of the molecule is COc1ccccc1CCn1c(-c2ccc(Cl)cc2)cc(C(N)=O)c1C. The minimum atomic E-state index is -0.422. The summed E-state index contributed by atoms with van der Waals surface area (Å²) >= 11 is 6.01. The fourth-order valence-corrected chi connectivity index (χ4v) is 3.31. The van der Waals surface area contributed by atoms with Crippen molar-refractivity contribution in [1.29, 1.82) is 0 Å². The number of primary amides is 1. The van der Waals surface area contributed by atoms with E-state index in [1.165, 1.54) is 0 Å². The molecule has 0 unspecified atom stereocenters. The second-order valence-electron chi connectivity index (χ2n) is 6.11. The number of methoxy groups -OCH3 is 1. The number of rotatable bonds is 6. The number of hydrogen-bond donors (Lipinski definition) is 1. The molecule has 0 aliphatic carbocycles. The number of aromatic nitrogens is 1. The lowest BCUT2D eigenvalue weighted by Gasteiger charge is -2.14. The van der Waals surface area contributed by atoms with Crippen LogP contribution < -0.4 is 10.5 Å². The summed E-state index contributed by atoms with van der Waals surface area (Å²) in [7, 11) is 1.67. The van der Waals surface area contributed by atoms with Crippen LogP contribution in [0.4, 0.5) is 0 Å². The maximum atomic E-state index is 11.8. The van der Waals surface area contributed by atoms with Gasteiger partial charge in [-0.15, -0.1) is 0 Å². The first-order valence-corrected chi connectivity index (χ1v) is 8.77. The van der Waals surface area contributed by atoms with E-state index in [0.29, 0.717) is 17.1 Å². The molecule has 26 heavy (non-hydrogen) atoms. The number of nitrogens with zero attached hydrogens (tertiary/aromatic N) is 1. The molecule has 0 bridgehead atoms. The van der Waals surface area contributed by atoms with E-state index in [1.54, 1.807) is 7.11 Å². The van der Waals surface area contributed by atoms with Crippen molar-refractivity contribution in [2.45, 2.75) is 19.9 Å². The van der Waals surface area contributed by atoms with Crippen molar-refractivity contribution in [2.75, 3.05) is 7.11 Å². The van der Waals surface area contributed by atoms with E-state index in [0.717, 1.165) is 34.7 Å². The van der Waals surface area contributed by atoms with Gasteiger partial charge in [0.05, 0.1) is 12.7 Å². The number of carbonyl (C=O) groups excluding carboxylic acids is 1. The minimum absolute atomic E-state index is 0.422. The van der Waals surface area contributed by atoms with Crippen molar-refractivity contribution in [3.05, 3.63) is 76.4 Å². The van der Waals surface area contributed by atoms with E-state index in [4.69, 9.17) is 22.1 Å². The zero-order chi connectivity index (χ0) is 18.7. The average Bonchev–Trinajstić information content (AvgIpc) is 2.97. The maximum absolute atomic E-state index is 11.8. The normalized spacial score (nSPS) is 10.7. The topological polar surface area (TPSA) is 57.2 Å². The Bertz CT molecular complexity index is 930. The molecular formula is C21H21ClN2O2. The first-order chi connectivity index (χ1) is 12.5. The van der Waals surface area contributed by atoms with Gasteiger partial charge in [-0.2, -0.15) is 0 Å². The van der Waals surface area contributed by atoms with E-state index < -0.39 is 5.91 Å². The standard InChI is InChI=1S/C21H21ClN2O2/c1-14-18(21(23)25)13-19(15-7-9-17(22)10-8-15)24(14)12-11-16-5-3-4-6-20(16)26-2/h3-10,13H,11-12H2,1-2H3,(H2,23,25). The van der Waals surface area contributed by atoms with Gasteiger partial charge in [0.15, 0.2) is 0 Å². The van der Waals surface area contributed by atoms with Crippen LogP contribution in [0.5, 0.6) is 5.75 Å². The Morgan fingerprint density at radius 3 is 2.50 bits per heavy atom. The molecule has 0 aliphatic heterocycles. The number of carbonyl (C=O) groups is 1. The van der Waals surface area contributed by atoms with E-state index in [9.17, 15) is 4.79 Å². The summed E-state index contributed by atoms with van der Waals surface area (Å²) in [6, 6.07) is 17.4. The molecule has 0 fully saturated rings. The molecule has 0 atom stereocenters. The summed E-state index contributed by atoms with van der Waals surface area (Å²) in [5.74, 6) is 0.439. The van der Waals surface area contributed by atoms with Crippen LogP contribution in [0.25, 0.3) is 11.3 Å². The van der Waals surface area contributed by atoms with E-state index in [1.807, 2.05) is 55.5 Å². The highest BCUT2D eigenvalue weighted by molar-refractivity contribution is 6.30. The monoisotopic (exact) mass is 368 g/mol. The maximum Gasteiger partial charge on any atom is 0.250 e. The molecule has 2 N–H and O–H groups in total. The van der Waals surface area contributed by atoms with Crippen molar-refractivity contribution in [3.8, 4) is 17.0 Å². The lowest BCUT2D eigenvalue weighted by Crippen LogP contribution is -2.13. The summed E-state index contributed by atoms with van der Waals surface area (Å²) < 4.78 is 7.56. The van der Waals surface area contributed by atoms with Crippen LogP contribution in [0.3, 0.4) is 0 Å². The summed E-state index contributed by atoms with van der Waals surface area (Å²) in [5, 5.41) is 0.674. The van der Waals surface area contributed by atoms with Gasteiger partial charge in [-0.25, -0.2) is 0 Å². The van der Waals surface area contributed by atoms with Gasteiger partial charge in [-0.1, -0.05) is 41.9 Å². The Kier molecular flexibility index (Phi) is 5.33. The Hall–Kier alpha value is -2.72. The fraction of sp³-hybridized carbons (Fsp3) is 0.190. The summed E-state index contributed by atoms with van der Waals surface area (Å²) in [6.07, 6.45) is 0.776. The van der Waals surface area contributed by atoms with Crippen molar-refractivity contribution >= 4 is 17.5 Å². The fourth-order valence-electron chi connectivity index (χ4n) is 3.18. The zero-order valence-electron chi connectivity index (χ0n) is 14.8. The van der Waals surface area contributed by atoms with Crippen LogP contribution in [0.2, 0.25) is 5.02 Å². The highest BCUT2D eigenvalue weighted by Gasteiger charge is 2.17. The predicted octanol–water partition coefficient (Wildman–Crippen LogP) is 4.47. The number of nitrogens with two attached hydrogens (primary N) is 1. The second-order valence-corrected chi connectivity index (χ2v) is 6.55. The summed E-state index contributed by atoms with van der Waals surface area (Å²) in [5.41, 5.74) is 10.0. The number of para-hydroxylation sites is 1. The smallest absolute Gasteiger partial charge is 0.250 e. The molecule has 134 valence electrons. The molecule has 0 radical (unpaired) electrons. The summed E-state index contributed by atoms with van der Waals surface area (Å²) in [4.78, 5) is 11.8. The van der Waals surface area contributed by atoms with Crippen LogP contribution in [0.1, 0.15) is 21.6 Å². The van der Waals surface area contributed by atoms with E-state index >= 15 is 0 Å². The average molecular weight is 369 g/mol. The molecule has 3 aromatic rings. The van der Waals surface area contributed by atoms with E-state index in [-0.39, 0.29) is 0 Å². The Morgan fingerprint density at radius 2 is 1.85 bits per heavy atom. The molecule has 4 nitrogen and oxygen atoms in total. The zero-order valence-corrected chi connectivity index (χ0v) is 15.6. The number of benzene rings is 2. The quantitative estimate of drug-likeness (QED) is 0.698. The number of ether oxygens (including phenoxy) is 1. The predicted molar refractivity (Wildman–Crippen MR) is 105 cm³/mol. The molecule has 1 amide bonds. The van der Waals surface area contributed by atoms with Crippen LogP contribution >= 0.6 is 11.6 Å². The van der Waals surface area contributed by atoms with Gasteiger partial charge in [-0.3, -0.25) is 4.79 Å². The molecule has 1 heterocycles. The molecule has 0 aliphatic rings. The van der Waals surface area contributed by atoms with Gasteiger partial charge in [0, 0.05) is 23.0 Å². The number of halogens is 1. The highest BCUT2D eigenvalue weighted by atomic mass is 35.5. The molecule has 0 saturated carbocycles. The Balaban J connectivity index is 1.99. The van der Waals surface area contributed by atoms with Crippen molar-refractivity contribution in [3.63, 3.8) is 0 Å². The lowest BCUT2D eigenvalue weighted by molar-refractivity contribution is 0.0999. The second kappa shape index (κ2) is 7.67. The van der Waals surface area contributed by atoms with Crippen LogP contribution in [0, 0.1) is 6.92 Å². The van der Waals surface area contributed by atoms with Crippen molar-refractivity contribution in [2.24, 2.45) is 5.73 Å².